The molecule has 108 valence electrons. The van der Waals surface area contributed by atoms with Gasteiger partial charge in [-0.15, -0.1) is 0 Å². The van der Waals surface area contributed by atoms with Gasteiger partial charge in [0.2, 0.25) is 0 Å². The second-order valence-corrected chi connectivity index (χ2v) is 7.39. The third kappa shape index (κ3) is 3.11. The first-order valence-corrected chi connectivity index (χ1v) is 8.57. The van der Waals surface area contributed by atoms with Crippen molar-refractivity contribution in [3.63, 3.8) is 0 Å². The molecule has 0 spiro atoms. The van der Waals surface area contributed by atoms with Crippen molar-refractivity contribution in [2.24, 2.45) is 0 Å². The molecule has 2 rings (SSSR count). The zero-order chi connectivity index (χ0) is 13.9. The van der Waals surface area contributed by atoms with Crippen LogP contribution in [0.15, 0.2) is 6.20 Å². The average Bonchev–Trinajstić information content (AvgIpc) is 2.96. The quantitative estimate of drug-likeness (QED) is 0.864. The number of aromatic nitrogens is 2. The summed E-state index contributed by atoms with van der Waals surface area (Å²) in [6, 6.07) is 0.284. The van der Waals surface area contributed by atoms with Crippen LogP contribution in [-0.2, 0) is 6.54 Å². The smallest absolute Gasteiger partial charge is 0.0834 e. The number of aryl methyl sites for hydroxylation is 1. The van der Waals surface area contributed by atoms with Gasteiger partial charge in [0.05, 0.1) is 23.0 Å². The molecule has 0 aromatic carbocycles. The van der Waals surface area contributed by atoms with Crippen LogP contribution < -0.4 is 5.32 Å². The average molecular weight is 302 g/mol. The van der Waals surface area contributed by atoms with E-state index >= 15 is 0 Å². The van der Waals surface area contributed by atoms with Gasteiger partial charge in [0, 0.05) is 11.3 Å². The van der Waals surface area contributed by atoms with Crippen LogP contribution in [0.3, 0.4) is 0 Å². The van der Waals surface area contributed by atoms with Crippen LogP contribution in [0, 0.1) is 0 Å². The molecular weight excluding hydrogens is 278 g/mol. The molecule has 1 N–H and O–H groups in total. The zero-order valence-electron chi connectivity index (χ0n) is 12.1. The van der Waals surface area contributed by atoms with Gasteiger partial charge >= 0.3 is 0 Å². The lowest BCUT2D eigenvalue weighted by molar-refractivity contribution is 0.390. The van der Waals surface area contributed by atoms with E-state index in [9.17, 15) is 0 Å². The second kappa shape index (κ2) is 6.51. The Morgan fingerprint density at radius 3 is 2.95 bits per heavy atom. The molecule has 3 nitrogen and oxygen atoms in total. The van der Waals surface area contributed by atoms with Crippen LogP contribution in [0.1, 0.15) is 51.8 Å². The fraction of sp³-hybridized carbons (Fsp3) is 0.786. The van der Waals surface area contributed by atoms with Crippen molar-refractivity contribution >= 4 is 23.4 Å². The minimum absolute atomic E-state index is 0.227. The van der Waals surface area contributed by atoms with E-state index in [1.165, 1.54) is 24.3 Å². The number of hydrogen-bond acceptors (Lipinski definition) is 3. The lowest BCUT2D eigenvalue weighted by Crippen LogP contribution is -2.39. The fourth-order valence-corrected chi connectivity index (χ4v) is 4.54. The summed E-state index contributed by atoms with van der Waals surface area (Å²) in [4.78, 5) is 0. The van der Waals surface area contributed by atoms with Gasteiger partial charge in [-0.25, -0.2) is 0 Å². The highest BCUT2D eigenvalue weighted by Crippen LogP contribution is 2.47. The highest BCUT2D eigenvalue weighted by Gasteiger charge is 2.40. The molecule has 1 aromatic rings. The van der Waals surface area contributed by atoms with Crippen LogP contribution >= 0.6 is 23.4 Å². The van der Waals surface area contributed by atoms with Gasteiger partial charge < -0.3 is 5.32 Å². The maximum atomic E-state index is 6.42. The predicted octanol–water partition coefficient (Wildman–Crippen LogP) is 3.88. The number of nitrogens with zero attached hydrogens (tertiary/aromatic N) is 2. The molecule has 0 amide bonds. The molecule has 0 aliphatic carbocycles. The number of hydrogen-bond donors (Lipinski definition) is 1. The number of nitrogens with one attached hydrogen (secondary N) is 1. The van der Waals surface area contributed by atoms with E-state index in [2.05, 4.69) is 47.6 Å². The van der Waals surface area contributed by atoms with Gasteiger partial charge in [-0.3, -0.25) is 4.68 Å². The monoisotopic (exact) mass is 301 g/mol. The van der Waals surface area contributed by atoms with E-state index < -0.39 is 0 Å². The van der Waals surface area contributed by atoms with Crippen molar-refractivity contribution in [1.29, 1.82) is 0 Å². The van der Waals surface area contributed by atoms with Crippen molar-refractivity contribution in [2.75, 3.05) is 12.3 Å². The predicted molar refractivity (Wildman–Crippen MR) is 84.0 cm³/mol. The second-order valence-electron chi connectivity index (χ2n) is 5.36. The Bertz CT molecular complexity index is 413. The molecule has 1 aromatic heterocycles. The molecule has 5 heteroatoms. The first kappa shape index (κ1) is 15.2. The minimum atomic E-state index is 0.227. The van der Waals surface area contributed by atoms with E-state index in [0.717, 1.165) is 24.5 Å². The van der Waals surface area contributed by atoms with Gasteiger partial charge in [-0.05, 0) is 38.5 Å². The van der Waals surface area contributed by atoms with Crippen molar-refractivity contribution in [3.8, 4) is 0 Å². The number of rotatable bonds is 6. The summed E-state index contributed by atoms with van der Waals surface area (Å²) >= 11 is 8.48. The Balaban J connectivity index is 2.35. The summed E-state index contributed by atoms with van der Waals surface area (Å²) < 4.78 is 2.31. The van der Waals surface area contributed by atoms with Crippen LogP contribution in [0.25, 0.3) is 0 Å². The van der Waals surface area contributed by atoms with Gasteiger partial charge in [0.1, 0.15) is 0 Å². The topological polar surface area (TPSA) is 29.9 Å². The van der Waals surface area contributed by atoms with Crippen molar-refractivity contribution in [2.45, 2.75) is 57.4 Å². The molecule has 1 saturated heterocycles. The highest BCUT2D eigenvalue weighted by atomic mass is 35.5. The fourth-order valence-electron chi connectivity index (χ4n) is 2.88. The summed E-state index contributed by atoms with van der Waals surface area (Å²) in [6.07, 6.45) is 5.40. The van der Waals surface area contributed by atoms with E-state index in [1.807, 2.05) is 0 Å². The number of thioether (sulfide) groups is 1. The van der Waals surface area contributed by atoms with E-state index in [4.69, 9.17) is 11.6 Å². The first-order valence-electron chi connectivity index (χ1n) is 7.21. The molecule has 0 bridgehead atoms. The maximum Gasteiger partial charge on any atom is 0.0834 e. The van der Waals surface area contributed by atoms with Crippen molar-refractivity contribution in [3.05, 3.63) is 16.9 Å². The Morgan fingerprint density at radius 1 is 1.58 bits per heavy atom. The van der Waals surface area contributed by atoms with Crippen LogP contribution in [0.4, 0.5) is 0 Å². The molecular formula is C14H24ClN3S. The lowest BCUT2D eigenvalue weighted by Gasteiger charge is -2.34. The largest absolute Gasteiger partial charge is 0.308 e. The third-order valence-electron chi connectivity index (χ3n) is 3.81. The molecule has 2 atom stereocenters. The molecule has 0 saturated carbocycles. The van der Waals surface area contributed by atoms with Crippen LogP contribution in [0.5, 0.6) is 0 Å². The Kier molecular flexibility index (Phi) is 5.21. The lowest BCUT2D eigenvalue weighted by atomic mass is 9.93. The highest BCUT2D eigenvalue weighted by molar-refractivity contribution is 8.00. The normalized spacial score (nSPS) is 24.8. The Hall–Kier alpha value is -0.190. The van der Waals surface area contributed by atoms with Crippen LogP contribution in [0.2, 0.25) is 5.02 Å². The summed E-state index contributed by atoms with van der Waals surface area (Å²) in [5.41, 5.74) is 1.17. The molecule has 0 radical (unpaired) electrons. The first-order chi connectivity index (χ1) is 9.12. The standard InChI is InChI=1S/C14H24ClN3S/c1-4-8-18-12(11(15)10-17-18)13(16-5-2)14(3)7-6-9-19-14/h10,13,16H,4-9H2,1-3H3. The summed E-state index contributed by atoms with van der Waals surface area (Å²) in [5.74, 6) is 1.25. The Labute approximate surface area is 125 Å². The summed E-state index contributed by atoms with van der Waals surface area (Å²) in [7, 11) is 0. The molecule has 1 fully saturated rings. The summed E-state index contributed by atoms with van der Waals surface area (Å²) in [6.45, 7) is 8.58. The molecule has 1 aliphatic rings. The van der Waals surface area contributed by atoms with Gasteiger partial charge in [0.25, 0.3) is 0 Å². The van der Waals surface area contributed by atoms with Crippen molar-refractivity contribution < 1.29 is 0 Å². The SMILES string of the molecule is CCCn1ncc(Cl)c1C(NCC)C1(C)CCCS1. The van der Waals surface area contributed by atoms with Crippen molar-refractivity contribution in [1.82, 2.24) is 15.1 Å². The van der Waals surface area contributed by atoms with Gasteiger partial charge in [-0.1, -0.05) is 25.4 Å². The van der Waals surface area contributed by atoms with E-state index in [1.54, 1.807) is 6.20 Å². The minimum Gasteiger partial charge on any atom is -0.308 e. The molecule has 1 aliphatic heterocycles. The third-order valence-corrected chi connectivity index (χ3v) is 5.69. The van der Waals surface area contributed by atoms with Crippen LogP contribution in [-0.4, -0.2) is 26.8 Å². The molecule has 2 unspecified atom stereocenters. The van der Waals surface area contributed by atoms with E-state index in [-0.39, 0.29) is 10.8 Å². The Morgan fingerprint density at radius 2 is 2.37 bits per heavy atom. The summed E-state index contributed by atoms with van der Waals surface area (Å²) in [5, 5.41) is 8.89. The van der Waals surface area contributed by atoms with E-state index in [0.29, 0.717) is 0 Å². The van der Waals surface area contributed by atoms with Gasteiger partial charge in [-0.2, -0.15) is 16.9 Å². The maximum absolute atomic E-state index is 6.42. The molecule has 2 heterocycles. The van der Waals surface area contributed by atoms with Gasteiger partial charge in [0.15, 0.2) is 0 Å². The molecule has 19 heavy (non-hydrogen) atoms. The number of halogens is 1. The zero-order valence-corrected chi connectivity index (χ0v) is 13.7.